The number of carbonyl (C=O) groups excluding carboxylic acids is 1. The van der Waals surface area contributed by atoms with Crippen LogP contribution in [0.1, 0.15) is 18.2 Å². The van der Waals surface area contributed by atoms with Crippen molar-refractivity contribution in [2.24, 2.45) is 0 Å². The number of nitrogens with zero attached hydrogens (tertiary/aromatic N) is 2. The monoisotopic (exact) mass is 452 g/mol. The highest BCUT2D eigenvalue weighted by molar-refractivity contribution is 5.86. The zero-order valence-electron chi connectivity index (χ0n) is 19.1. The third-order valence-corrected chi connectivity index (χ3v) is 5.97. The molecule has 0 saturated carbocycles. The van der Waals surface area contributed by atoms with Crippen LogP contribution in [-0.2, 0) is 11.3 Å². The Morgan fingerprint density at radius 1 is 1.09 bits per heavy atom. The van der Waals surface area contributed by atoms with E-state index in [9.17, 15) is 14.7 Å². The van der Waals surface area contributed by atoms with Gasteiger partial charge in [-0.05, 0) is 43.7 Å². The molecule has 2 heterocycles. The summed E-state index contributed by atoms with van der Waals surface area (Å²) in [7, 11) is 1.59. The number of aromatic hydroxyl groups is 1. The van der Waals surface area contributed by atoms with E-state index in [4.69, 9.17) is 13.9 Å². The van der Waals surface area contributed by atoms with Crippen molar-refractivity contribution in [3.8, 4) is 22.6 Å². The van der Waals surface area contributed by atoms with Crippen LogP contribution in [0.5, 0.6) is 11.5 Å². The number of hydrogen-bond donors (Lipinski definition) is 1. The molecule has 0 atom stereocenters. The van der Waals surface area contributed by atoms with Crippen LogP contribution in [-0.4, -0.2) is 60.9 Å². The fourth-order valence-electron chi connectivity index (χ4n) is 4.18. The van der Waals surface area contributed by atoms with E-state index in [0.717, 1.165) is 5.56 Å². The molecular weight excluding hydrogens is 424 g/mol. The Bertz CT molecular complexity index is 1210. The molecule has 0 bridgehead atoms. The molecule has 1 aromatic heterocycles. The van der Waals surface area contributed by atoms with E-state index in [2.05, 4.69) is 4.90 Å². The predicted octanol–water partition coefficient (Wildman–Crippen LogP) is 3.76. The minimum Gasteiger partial charge on any atom is -0.507 e. The maximum Gasteiger partial charge on any atom is 0.409 e. The van der Waals surface area contributed by atoms with Crippen molar-refractivity contribution >= 4 is 17.1 Å². The topological polar surface area (TPSA) is 92.5 Å². The highest BCUT2D eigenvalue weighted by Gasteiger charge is 2.24. The second kappa shape index (κ2) is 9.54. The molecule has 3 aromatic rings. The number of carbonyl (C=O) groups is 1. The largest absolute Gasteiger partial charge is 0.507 e. The van der Waals surface area contributed by atoms with Gasteiger partial charge in [0.25, 0.3) is 0 Å². The Morgan fingerprint density at radius 2 is 1.79 bits per heavy atom. The van der Waals surface area contributed by atoms with Gasteiger partial charge in [-0.25, -0.2) is 4.79 Å². The first-order valence-electron chi connectivity index (χ1n) is 11.0. The first kappa shape index (κ1) is 22.7. The normalized spacial score (nSPS) is 14.5. The molecule has 174 valence electrons. The van der Waals surface area contributed by atoms with Crippen LogP contribution in [0.25, 0.3) is 22.1 Å². The molecule has 0 spiro atoms. The second-order valence-electron chi connectivity index (χ2n) is 7.99. The first-order chi connectivity index (χ1) is 15.9. The number of benzene rings is 2. The molecule has 1 aliphatic heterocycles. The molecular formula is C25H28N2O6. The lowest BCUT2D eigenvalue weighted by Gasteiger charge is -2.34. The highest BCUT2D eigenvalue weighted by atomic mass is 16.6. The summed E-state index contributed by atoms with van der Waals surface area (Å²) in [4.78, 5) is 29.1. The van der Waals surface area contributed by atoms with E-state index in [1.165, 1.54) is 6.07 Å². The summed E-state index contributed by atoms with van der Waals surface area (Å²) in [6, 6.07) is 10.4. The van der Waals surface area contributed by atoms with E-state index in [1.807, 2.05) is 12.1 Å². The number of amides is 1. The van der Waals surface area contributed by atoms with Crippen molar-refractivity contribution in [2.45, 2.75) is 20.4 Å². The molecule has 1 aliphatic rings. The maximum absolute atomic E-state index is 13.4. The lowest BCUT2D eigenvalue weighted by Crippen LogP contribution is -2.48. The number of phenolic OH excluding ortho intramolecular Hbond substituents is 1. The summed E-state index contributed by atoms with van der Waals surface area (Å²) in [6.07, 6.45) is -0.308. The summed E-state index contributed by atoms with van der Waals surface area (Å²) < 4.78 is 16.4. The van der Waals surface area contributed by atoms with Crippen LogP contribution in [0.2, 0.25) is 0 Å². The molecule has 0 aliphatic carbocycles. The van der Waals surface area contributed by atoms with Gasteiger partial charge in [0.15, 0.2) is 0 Å². The summed E-state index contributed by atoms with van der Waals surface area (Å²) in [5.74, 6) is 1.27. The number of methoxy groups -OCH3 is 1. The van der Waals surface area contributed by atoms with Crippen LogP contribution in [0.4, 0.5) is 4.79 Å². The molecule has 1 fully saturated rings. The number of phenols is 1. The molecule has 1 saturated heterocycles. The summed E-state index contributed by atoms with van der Waals surface area (Å²) >= 11 is 0. The highest BCUT2D eigenvalue weighted by Crippen LogP contribution is 2.31. The Morgan fingerprint density at radius 3 is 2.42 bits per heavy atom. The first-order valence-corrected chi connectivity index (χ1v) is 11.0. The molecule has 8 heteroatoms. The number of rotatable bonds is 5. The minimum absolute atomic E-state index is 0.0788. The summed E-state index contributed by atoms with van der Waals surface area (Å²) in [6.45, 7) is 6.62. The van der Waals surface area contributed by atoms with Crippen LogP contribution in [0.15, 0.2) is 45.6 Å². The Kier molecular flexibility index (Phi) is 6.55. The predicted molar refractivity (Wildman–Crippen MR) is 125 cm³/mol. The SMILES string of the molecule is CCOC(=O)N1CCN(Cc2c(O)ccc3c(=O)c(-c4ccc(OC)cc4)c(C)oc23)CC1. The van der Waals surface area contributed by atoms with Crippen LogP contribution in [0, 0.1) is 6.92 Å². The second-order valence-corrected chi connectivity index (χ2v) is 7.99. The average molecular weight is 453 g/mol. The lowest BCUT2D eigenvalue weighted by atomic mass is 10.0. The molecule has 1 amide bonds. The van der Waals surface area contributed by atoms with Gasteiger partial charge in [0.2, 0.25) is 5.43 Å². The minimum atomic E-state index is -0.308. The van der Waals surface area contributed by atoms with E-state index in [0.29, 0.717) is 72.9 Å². The fourth-order valence-corrected chi connectivity index (χ4v) is 4.18. The third-order valence-electron chi connectivity index (χ3n) is 5.97. The Labute approximate surface area is 191 Å². The standard InChI is InChI=1S/C25H28N2O6/c1-4-32-25(30)27-13-11-26(12-14-27)15-20-21(28)10-9-19-23(29)22(16(2)33-24(19)20)17-5-7-18(31-3)8-6-17/h5-10,28H,4,11-15H2,1-3H3. The number of piperazine rings is 1. The maximum atomic E-state index is 13.4. The number of hydrogen-bond acceptors (Lipinski definition) is 7. The van der Waals surface area contributed by atoms with Crippen molar-refractivity contribution in [1.29, 1.82) is 0 Å². The molecule has 8 nitrogen and oxygen atoms in total. The zero-order chi connectivity index (χ0) is 23.5. The van der Waals surface area contributed by atoms with Crippen molar-refractivity contribution in [3.63, 3.8) is 0 Å². The molecule has 4 rings (SSSR count). The lowest BCUT2D eigenvalue weighted by molar-refractivity contribution is 0.0776. The number of ether oxygens (including phenoxy) is 2. The van der Waals surface area contributed by atoms with Crippen LogP contribution in [0.3, 0.4) is 0 Å². The van der Waals surface area contributed by atoms with Crippen molar-refractivity contribution in [2.75, 3.05) is 39.9 Å². The smallest absolute Gasteiger partial charge is 0.409 e. The quantitative estimate of drug-likeness (QED) is 0.630. The molecule has 0 radical (unpaired) electrons. The Balaban J connectivity index is 1.64. The summed E-state index contributed by atoms with van der Waals surface area (Å²) in [5, 5.41) is 11.0. The van der Waals surface area contributed by atoms with Gasteiger partial charge >= 0.3 is 6.09 Å². The van der Waals surface area contributed by atoms with Gasteiger partial charge in [-0.1, -0.05) is 12.1 Å². The van der Waals surface area contributed by atoms with Gasteiger partial charge in [-0.2, -0.15) is 0 Å². The van der Waals surface area contributed by atoms with Gasteiger partial charge in [-0.3, -0.25) is 9.69 Å². The van der Waals surface area contributed by atoms with E-state index in [-0.39, 0.29) is 17.3 Å². The zero-order valence-corrected chi connectivity index (χ0v) is 19.1. The number of aryl methyl sites for hydroxylation is 1. The van der Waals surface area contributed by atoms with Gasteiger partial charge in [0.05, 0.1) is 30.2 Å². The number of fused-ring (bicyclic) bond motifs is 1. The molecule has 0 unspecified atom stereocenters. The van der Waals surface area contributed by atoms with Crippen molar-refractivity contribution in [1.82, 2.24) is 9.80 Å². The van der Waals surface area contributed by atoms with E-state index >= 15 is 0 Å². The fraction of sp³-hybridized carbons (Fsp3) is 0.360. The van der Waals surface area contributed by atoms with Crippen molar-refractivity contribution < 1.29 is 23.8 Å². The van der Waals surface area contributed by atoms with Crippen LogP contribution >= 0.6 is 0 Å². The van der Waals surface area contributed by atoms with Crippen LogP contribution < -0.4 is 10.2 Å². The molecule has 1 N–H and O–H groups in total. The Hall–Kier alpha value is -3.52. The van der Waals surface area contributed by atoms with Gasteiger partial charge in [0.1, 0.15) is 22.8 Å². The van der Waals surface area contributed by atoms with Crippen molar-refractivity contribution in [3.05, 3.63) is 57.9 Å². The van der Waals surface area contributed by atoms with Gasteiger partial charge in [0, 0.05) is 32.7 Å². The van der Waals surface area contributed by atoms with Gasteiger partial charge in [-0.15, -0.1) is 0 Å². The van der Waals surface area contributed by atoms with E-state index < -0.39 is 0 Å². The average Bonchev–Trinajstić information content (AvgIpc) is 2.82. The van der Waals surface area contributed by atoms with Gasteiger partial charge < -0.3 is 23.9 Å². The summed E-state index contributed by atoms with van der Waals surface area (Å²) in [5.41, 5.74) is 2.05. The molecule has 2 aromatic carbocycles. The molecule has 33 heavy (non-hydrogen) atoms. The van der Waals surface area contributed by atoms with E-state index in [1.54, 1.807) is 44.1 Å². The third kappa shape index (κ3) is 4.52.